The predicted molar refractivity (Wildman–Crippen MR) is 77.8 cm³/mol. The largest absolute Gasteiger partial charge is 0.508 e. The van der Waals surface area contributed by atoms with Gasteiger partial charge in [0.2, 0.25) is 0 Å². The van der Waals surface area contributed by atoms with Crippen molar-refractivity contribution in [1.82, 2.24) is 5.32 Å². The molecule has 18 heavy (non-hydrogen) atoms. The summed E-state index contributed by atoms with van der Waals surface area (Å²) in [5, 5.41) is 23.2. The van der Waals surface area contributed by atoms with E-state index in [1.807, 2.05) is 26.0 Å². The molecule has 0 aliphatic rings. The van der Waals surface area contributed by atoms with E-state index in [-0.39, 0.29) is 11.8 Å². The van der Waals surface area contributed by atoms with Crippen LogP contribution in [-0.2, 0) is 0 Å². The maximum absolute atomic E-state index is 10.0. The third-order valence-electron chi connectivity index (χ3n) is 3.26. The number of rotatable bonds is 6. The molecule has 2 atom stereocenters. The van der Waals surface area contributed by atoms with Gasteiger partial charge in [-0.05, 0) is 38.0 Å². The average Bonchev–Trinajstić information content (AvgIpc) is 2.34. The first-order valence-electron chi connectivity index (χ1n) is 6.33. The van der Waals surface area contributed by atoms with Crippen LogP contribution in [0.15, 0.2) is 22.7 Å². The van der Waals surface area contributed by atoms with Crippen LogP contribution in [0, 0.1) is 0 Å². The molecule has 2 unspecified atom stereocenters. The lowest BCUT2D eigenvalue weighted by atomic mass is 10.00. The molecule has 0 heterocycles. The summed E-state index contributed by atoms with van der Waals surface area (Å²) in [6.45, 7) is 6.33. The molecule has 0 fully saturated rings. The van der Waals surface area contributed by atoms with Gasteiger partial charge in [-0.15, -0.1) is 0 Å². The molecule has 0 bridgehead atoms. The van der Waals surface area contributed by atoms with Gasteiger partial charge in [0.15, 0.2) is 0 Å². The topological polar surface area (TPSA) is 52.5 Å². The Bertz CT molecular complexity index is 393. The normalized spacial score (nSPS) is 16.3. The Labute approximate surface area is 117 Å². The lowest BCUT2D eigenvalue weighted by Crippen LogP contribution is -2.38. The van der Waals surface area contributed by atoms with Crippen molar-refractivity contribution in [2.75, 3.05) is 6.54 Å². The van der Waals surface area contributed by atoms with E-state index in [0.29, 0.717) is 13.0 Å². The molecule has 1 aromatic rings. The fourth-order valence-corrected chi connectivity index (χ4v) is 2.13. The van der Waals surface area contributed by atoms with E-state index >= 15 is 0 Å². The van der Waals surface area contributed by atoms with Gasteiger partial charge in [0, 0.05) is 22.6 Å². The van der Waals surface area contributed by atoms with E-state index in [2.05, 4.69) is 28.2 Å². The zero-order valence-corrected chi connectivity index (χ0v) is 12.8. The van der Waals surface area contributed by atoms with Gasteiger partial charge in [-0.1, -0.05) is 29.8 Å². The minimum atomic E-state index is -0.713. The summed E-state index contributed by atoms with van der Waals surface area (Å²) in [4.78, 5) is 0. The van der Waals surface area contributed by atoms with Crippen LogP contribution in [0.25, 0.3) is 0 Å². The highest BCUT2D eigenvalue weighted by Crippen LogP contribution is 2.29. The van der Waals surface area contributed by atoms with Gasteiger partial charge in [0.1, 0.15) is 5.75 Å². The first-order valence-corrected chi connectivity index (χ1v) is 7.13. The highest BCUT2D eigenvalue weighted by atomic mass is 79.9. The van der Waals surface area contributed by atoms with Gasteiger partial charge in [0.25, 0.3) is 0 Å². The number of aliphatic hydroxyl groups is 1. The van der Waals surface area contributed by atoms with Crippen LogP contribution in [0.5, 0.6) is 5.75 Å². The fraction of sp³-hybridized carbons (Fsp3) is 0.571. The number of halogens is 1. The zero-order valence-electron chi connectivity index (χ0n) is 11.2. The van der Waals surface area contributed by atoms with Gasteiger partial charge in [0.05, 0.1) is 5.60 Å². The average molecular weight is 316 g/mol. The molecular weight excluding hydrogens is 294 g/mol. The molecule has 1 rings (SSSR count). The SMILES string of the molecule is CCC(NCC(C)(O)CC)c1cc(Br)ccc1O. The van der Waals surface area contributed by atoms with Crippen molar-refractivity contribution in [2.24, 2.45) is 0 Å². The molecule has 4 heteroatoms. The summed E-state index contributed by atoms with van der Waals surface area (Å²) in [5.74, 6) is 0.286. The lowest BCUT2D eigenvalue weighted by molar-refractivity contribution is 0.0525. The van der Waals surface area contributed by atoms with E-state index in [9.17, 15) is 10.2 Å². The number of phenols is 1. The minimum Gasteiger partial charge on any atom is -0.508 e. The molecule has 0 spiro atoms. The van der Waals surface area contributed by atoms with E-state index in [1.165, 1.54) is 0 Å². The Hall–Kier alpha value is -0.580. The number of phenolic OH excluding ortho intramolecular Hbond substituents is 1. The highest BCUT2D eigenvalue weighted by molar-refractivity contribution is 9.10. The number of hydrogen-bond donors (Lipinski definition) is 3. The van der Waals surface area contributed by atoms with Crippen LogP contribution < -0.4 is 5.32 Å². The second-order valence-electron chi connectivity index (χ2n) is 4.90. The van der Waals surface area contributed by atoms with Crippen LogP contribution in [0.1, 0.15) is 45.2 Å². The smallest absolute Gasteiger partial charge is 0.120 e. The van der Waals surface area contributed by atoms with Gasteiger partial charge in [-0.25, -0.2) is 0 Å². The molecule has 0 aliphatic heterocycles. The number of nitrogens with one attached hydrogen (secondary N) is 1. The molecule has 0 aromatic heterocycles. The Morgan fingerprint density at radius 3 is 2.61 bits per heavy atom. The first-order chi connectivity index (χ1) is 8.39. The minimum absolute atomic E-state index is 0.0422. The third kappa shape index (κ3) is 4.26. The Morgan fingerprint density at radius 1 is 1.39 bits per heavy atom. The summed E-state index contributed by atoms with van der Waals surface area (Å²) < 4.78 is 0.942. The van der Waals surface area contributed by atoms with Gasteiger partial charge < -0.3 is 15.5 Å². The fourth-order valence-electron chi connectivity index (χ4n) is 1.75. The van der Waals surface area contributed by atoms with Crippen LogP contribution in [0.3, 0.4) is 0 Å². The molecule has 0 radical (unpaired) electrons. The molecule has 0 amide bonds. The van der Waals surface area contributed by atoms with Crippen molar-refractivity contribution in [3.63, 3.8) is 0 Å². The second-order valence-corrected chi connectivity index (χ2v) is 5.81. The van der Waals surface area contributed by atoms with E-state index in [4.69, 9.17) is 0 Å². The van der Waals surface area contributed by atoms with Crippen molar-refractivity contribution < 1.29 is 10.2 Å². The lowest BCUT2D eigenvalue weighted by Gasteiger charge is -2.26. The van der Waals surface area contributed by atoms with Gasteiger partial charge >= 0.3 is 0 Å². The van der Waals surface area contributed by atoms with Crippen molar-refractivity contribution >= 4 is 15.9 Å². The van der Waals surface area contributed by atoms with Crippen molar-refractivity contribution in [3.05, 3.63) is 28.2 Å². The first kappa shape index (κ1) is 15.5. The Morgan fingerprint density at radius 2 is 2.06 bits per heavy atom. The number of hydrogen-bond acceptors (Lipinski definition) is 3. The molecule has 1 aromatic carbocycles. The van der Waals surface area contributed by atoms with E-state index in [0.717, 1.165) is 16.5 Å². The molecule has 3 nitrogen and oxygen atoms in total. The molecule has 3 N–H and O–H groups in total. The molecule has 102 valence electrons. The van der Waals surface area contributed by atoms with Gasteiger partial charge in [-0.2, -0.15) is 0 Å². The van der Waals surface area contributed by atoms with Gasteiger partial charge in [-0.3, -0.25) is 0 Å². The summed E-state index contributed by atoms with van der Waals surface area (Å²) >= 11 is 3.41. The number of benzene rings is 1. The summed E-state index contributed by atoms with van der Waals surface area (Å²) in [6, 6.07) is 5.45. The van der Waals surface area contributed by atoms with Crippen molar-refractivity contribution in [2.45, 2.75) is 45.3 Å². The summed E-state index contributed by atoms with van der Waals surface area (Å²) in [7, 11) is 0. The Balaban J connectivity index is 2.80. The Kier molecular flexibility index (Phi) is 5.63. The second kappa shape index (κ2) is 6.55. The molecule has 0 saturated heterocycles. The quantitative estimate of drug-likeness (QED) is 0.754. The summed E-state index contributed by atoms with van der Waals surface area (Å²) in [6.07, 6.45) is 1.55. The highest BCUT2D eigenvalue weighted by Gasteiger charge is 2.21. The van der Waals surface area contributed by atoms with E-state index in [1.54, 1.807) is 6.07 Å². The van der Waals surface area contributed by atoms with Crippen LogP contribution in [0.2, 0.25) is 0 Å². The van der Waals surface area contributed by atoms with Crippen LogP contribution in [-0.4, -0.2) is 22.4 Å². The van der Waals surface area contributed by atoms with E-state index < -0.39 is 5.60 Å². The van der Waals surface area contributed by atoms with Crippen LogP contribution >= 0.6 is 15.9 Å². The standard InChI is InChI=1S/C14H22BrNO2/c1-4-12(16-9-14(3,18)5-2)11-8-10(15)6-7-13(11)17/h6-8,12,16-18H,4-5,9H2,1-3H3. The zero-order chi connectivity index (χ0) is 13.8. The molecule has 0 aliphatic carbocycles. The maximum atomic E-state index is 10.0. The van der Waals surface area contributed by atoms with Crippen molar-refractivity contribution in [3.8, 4) is 5.75 Å². The van der Waals surface area contributed by atoms with Crippen molar-refractivity contribution in [1.29, 1.82) is 0 Å². The van der Waals surface area contributed by atoms with Crippen LogP contribution in [0.4, 0.5) is 0 Å². The number of aromatic hydroxyl groups is 1. The predicted octanol–water partition coefficient (Wildman–Crippen LogP) is 3.36. The third-order valence-corrected chi connectivity index (χ3v) is 3.76. The molecular formula is C14H22BrNO2. The maximum Gasteiger partial charge on any atom is 0.120 e. The summed E-state index contributed by atoms with van der Waals surface area (Å²) in [5.41, 5.74) is 0.147. The molecule has 0 saturated carbocycles. The monoisotopic (exact) mass is 315 g/mol.